The van der Waals surface area contributed by atoms with Crippen LogP contribution < -0.4 is 0 Å². The first-order chi connectivity index (χ1) is 7.52. The molecule has 0 aliphatic carbocycles. The SMILES string of the molecule is N#Cc1ccc(F)c(C=O)c1C(O)C(=O)O. The van der Waals surface area contributed by atoms with Gasteiger partial charge in [-0.25, -0.2) is 9.18 Å². The number of benzene rings is 1. The number of aliphatic carboxylic acids is 1. The molecule has 0 bridgehead atoms. The molecule has 82 valence electrons. The molecule has 0 spiro atoms. The van der Waals surface area contributed by atoms with Gasteiger partial charge in [-0.1, -0.05) is 0 Å². The normalized spacial score (nSPS) is 11.6. The van der Waals surface area contributed by atoms with Crippen LogP contribution in [0.25, 0.3) is 0 Å². The number of nitrogens with zero attached hydrogens (tertiary/aromatic N) is 1. The van der Waals surface area contributed by atoms with Gasteiger partial charge in [-0.15, -0.1) is 0 Å². The minimum Gasteiger partial charge on any atom is -0.479 e. The fraction of sp³-hybridized carbons (Fsp3) is 0.100. The summed E-state index contributed by atoms with van der Waals surface area (Å²) in [5, 5.41) is 26.5. The topological polar surface area (TPSA) is 98.4 Å². The standard InChI is InChI=1S/C10H6FNO4/c11-7-2-1-5(3-12)8(6(7)4-13)9(14)10(15)16/h1-2,4,9,14H,(H,15,16). The molecular formula is C10H6FNO4. The van der Waals surface area contributed by atoms with Crippen molar-refractivity contribution in [1.82, 2.24) is 0 Å². The third-order valence-corrected chi connectivity index (χ3v) is 1.98. The molecule has 0 saturated carbocycles. The Hall–Kier alpha value is -2.26. The van der Waals surface area contributed by atoms with Crippen molar-refractivity contribution in [3.8, 4) is 6.07 Å². The first kappa shape index (κ1) is 11.8. The van der Waals surface area contributed by atoms with Gasteiger partial charge in [-0.3, -0.25) is 4.79 Å². The molecule has 0 aliphatic heterocycles. The van der Waals surface area contributed by atoms with Crippen LogP contribution in [0.1, 0.15) is 27.6 Å². The number of carbonyl (C=O) groups is 2. The molecule has 0 radical (unpaired) electrons. The van der Waals surface area contributed by atoms with E-state index in [1.54, 1.807) is 6.07 Å². The molecule has 0 fully saturated rings. The van der Waals surface area contributed by atoms with E-state index < -0.39 is 29.0 Å². The number of aliphatic hydroxyl groups excluding tert-OH is 1. The molecule has 2 N–H and O–H groups in total. The zero-order chi connectivity index (χ0) is 12.3. The lowest BCUT2D eigenvalue weighted by Gasteiger charge is -2.10. The molecule has 1 aromatic rings. The Morgan fingerprint density at radius 1 is 1.56 bits per heavy atom. The van der Waals surface area contributed by atoms with E-state index in [0.717, 1.165) is 12.1 Å². The highest BCUT2D eigenvalue weighted by Gasteiger charge is 2.25. The minimum absolute atomic E-state index is 0.0671. The van der Waals surface area contributed by atoms with Gasteiger partial charge in [0.2, 0.25) is 0 Å². The molecule has 6 heteroatoms. The van der Waals surface area contributed by atoms with Crippen LogP contribution in [0, 0.1) is 17.1 Å². The predicted molar refractivity (Wildman–Crippen MR) is 49.1 cm³/mol. The van der Waals surface area contributed by atoms with Gasteiger partial charge in [0.15, 0.2) is 12.4 Å². The number of nitriles is 1. The van der Waals surface area contributed by atoms with Crippen LogP contribution in [0.5, 0.6) is 0 Å². The molecule has 16 heavy (non-hydrogen) atoms. The Labute approximate surface area is 89.4 Å². The largest absolute Gasteiger partial charge is 0.479 e. The van der Waals surface area contributed by atoms with Crippen molar-refractivity contribution in [2.45, 2.75) is 6.10 Å². The van der Waals surface area contributed by atoms with Crippen molar-refractivity contribution >= 4 is 12.3 Å². The third-order valence-electron chi connectivity index (χ3n) is 1.98. The number of carboxylic acids is 1. The van der Waals surface area contributed by atoms with Gasteiger partial charge in [0.05, 0.1) is 17.2 Å². The first-order valence-electron chi connectivity index (χ1n) is 4.11. The van der Waals surface area contributed by atoms with Gasteiger partial charge in [0.1, 0.15) is 5.82 Å². The Morgan fingerprint density at radius 3 is 2.62 bits per heavy atom. The summed E-state index contributed by atoms with van der Waals surface area (Å²) in [4.78, 5) is 21.1. The van der Waals surface area contributed by atoms with E-state index in [2.05, 4.69) is 0 Å². The number of halogens is 1. The van der Waals surface area contributed by atoms with E-state index in [0.29, 0.717) is 0 Å². The number of aliphatic hydroxyl groups is 1. The maximum Gasteiger partial charge on any atom is 0.337 e. The number of hydrogen-bond donors (Lipinski definition) is 2. The van der Waals surface area contributed by atoms with Crippen molar-refractivity contribution < 1.29 is 24.2 Å². The fourth-order valence-electron chi connectivity index (χ4n) is 1.25. The smallest absolute Gasteiger partial charge is 0.337 e. The number of carboxylic acid groups (broad SMARTS) is 1. The van der Waals surface area contributed by atoms with E-state index in [1.807, 2.05) is 0 Å². The quantitative estimate of drug-likeness (QED) is 0.732. The molecular weight excluding hydrogens is 217 g/mol. The Morgan fingerprint density at radius 2 is 2.19 bits per heavy atom. The zero-order valence-electron chi connectivity index (χ0n) is 7.85. The maximum absolute atomic E-state index is 13.1. The molecule has 0 amide bonds. The van der Waals surface area contributed by atoms with Crippen LogP contribution in [0.2, 0.25) is 0 Å². The Balaban J connectivity index is 3.55. The summed E-state index contributed by atoms with van der Waals surface area (Å²) >= 11 is 0. The predicted octanol–water partition coefficient (Wildman–Crippen LogP) is 0.628. The van der Waals surface area contributed by atoms with Crippen LogP contribution in [-0.4, -0.2) is 22.5 Å². The number of hydrogen-bond acceptors (Lipinski definition) is 4. The highest BCUT2D eigenvalue weighted by molar-refractivity contribution is 5.84. The fourth-order valence-corrected chi connectivity index (χ4v) is 1.25. The summed E-state index contributed by atoms with van der Waals surface area (Å²) in [5.74, 6) is -2.64. The van der Waals surface area contributed by atoms with Crippen LogP contribution >= 0.6 is 0 Å². The summed E-state index contributed by atoms with van der Waals surface area (Å²) < 4.78 is 13.1. The van der Waals surface area contributed by atoms with Crippen molar-refractivity contribution in [1.29, 1.82) is 5.26 Å². The van der Waals surface area contributed by atoms with Crippen molar-refractivity contribution in [2.75, 3.05) is 0 Å². The molecule has 0 heterocycles. The minimum atomic E-state index is -2.11. The lowest BCUT2D eigenvalue weighted by Crippen LogP contribution is -2.15. The highest BCUT2D eigenvalue weighted by atomic mass is 19.1. The third kappa shape index (κ3) is 1.89. The van der Waals surface area contributed by atoms with Gasteiger partial charge in [-0.2, -0.15) is 5.26 Å². The number of aldehydes is 1. The van der Waals surface area contributed by atoms with E-state index >= 15 is 0 Å². The second-order valence-corrected chi connectivity index (χ2v) is 2.89. The first-order valence-corrected chi connectivity index (χ1v) is 4.11. The summed E-state index contributed by atoms with van der Waals surface area (Å²) in [6.07, 6.45) is -2.04. The van der Waals surface area contributed by atoms with E-state index in [-0.39, 0.29) is 11.8 Å². The number of carbonyl (C=O) groups excluding carboxylic acids is 1. The monoisotopic (exact) mass is 223 g/mol. The zero-order valence-corrected chi connectivity index (χ0v) is 7.85. The molecule has 0 aliphatic rings. The molecule has 5 nitrogen and oxygen atoms in total. The van der Waals surface area contributed by atoms with E-state index in [4.69, 9.17) is 10.4 Å². The molecule has 1 aromatic carbocycles. The van der Waals surface area contributed by atoms with Crippen molar-refractivity contribution in [3.63, 3.8) is 0 Å². The average Bonchev–Trinajstić information content (AvgIpc) is 2.27. The highest BCUT2D eigenvalue weighted by Crippen LogP contribution is 2.23. The molecule has 1 rings (SSSR count). The number of rotatable bonds is 3. The van der Waals surface area contributed by atoms with Crippen LogP contribution in [0.4, 0.5) is 4.39 Å². The van der Waals surface area contributed by atoms with Gasteiger partial charge in [0.25, 0.3) is 0 Å². The molecule has 1 unspecified atom stereocenters. The lowest BCUT2D eigenvalue weighted by molar-refractivity contribution is -0.147. The Bertz CT molecular complexity index is 492. The second kappa shape index (κ2) is 4.51. The summed E-state index contributed by atoms with van der Waals surface area (Å²) in [5.41, 5.74) is -1.39. The summed E-state index contributed by atoms with van der Waals surface area (Å²) in [6, 6.07) is 3.45. The van der Waals surface area contributed by atoms with Crippen LogP contribution in [0.3, 0.4) is 0 Å². The summed E-state index contributed by atoms with van der Waals surface area (Å²) in [6.45, 7) is 0. The van der Waals surface area contributed by atoms with Crippen molar-refractivity contribution in [3.05, 3.63) is 34.6 Å². The molecule has 0 saturated heterocycles. The van der Waals surface area contributed by atoms with E-state index in [1.165, 1.54) is 0 Å². The Kier molecular flexibility index (Phi) is 3.33. The van der Waals surface area contributed by atoms with Gasteiger partial charge in [-0.05, 0) is 12.1 Å². The lowest BCUT2D eigenvalue weighted by atomic mass is 9.97. The molecule has 0 aromatic heterocycles. The van der Waals surface area contributed by atoms with Gasteiger partial charge < -0.3 is 10.2 Å². The summed E-state index contributed by atoms with van der Waals surface area (Å²) in [7, 11) is 0. The van der Waals surface area contributed by atoms with Crippen LogP contribution in [0.15, 0.2) is 12.1 Å². The van der Waals surface area contributed by atoms with Crippen molar-refractivity contribution in [2.24, 2.45) is 0 Å². The van der Waals surface area contributed by atoms with E-state index in [9.17, 15) is 19.1 Å². The average molecular weight is 223 g/mol. The molecule has 1 atom stereocenters. The van der Waals surface area contributed by atoms with Gasteiger partial charge in [0, 0.05) is 5.56 Å². The van der Waals surface area contributed by atoms with Crippen LogP contribution in [-0.2, 0) is 4.79 Å². The van der Waals surface area contributed by atoms with Gasteiger partial charge >= 0.3 is 5.97 Å². The second-order valence-electron chi connectivity index (χ2n) is 2.89. The maximum atomic E-state index is 13.1.